The highest BCUT2D eigenvalue weighted by atomic mass is 32.2. The Morgan fingerprint density at radius 2 is 2.15 bits per heavy atom. The first-order valence-electron chi connectivity index (χ1n) is 6.27. The van der Waals surface area contributed by atoms with Crippen molar-refractivity contribution >= 4 is 23.6 Å². The molecule has 0 aliphatic heterocycles. The lowest BCUT2D eigenvalue weighted by Gasteiger charge is -2.09. The second kappa shape index (κ2) is 6.71. The number of rotatable bonds is 8. The van der Waals surface area contributed by atoms with Crippen molar-refractivity contribution in [2.45, 2.75) is 31.1 Å². The van der Waals surface area contributed by atoms with Crippen LogP contribution in [0, 0.1) is 5.92 Å². The van der Waals surface area contributed by atoms with Crippen LogP contribution in [0.5, 0.6) is 0 Å². The number of aliphatic hydroxyl groups is 1. The summed E-state index contributed by atoms with van der Waals surface area (Å²) in [7, 11) is 0. The fraction of sp³-hybridized carbons (Fsp3) is 0.636. The maximum Gasteiger partial charge on any atom is 0.313 e. The Hall–Kier alpha value is -1.61. The molecule has 0 saturated heterocycles. The molecule has 1 fully saturated rings. The molecule has 110 valence electrons. The van der Waals surface area contributed by atoms with Gasteiger partial charge < -0.3 is 20.1 Å². The highest BCUT2D eigenvalue weighted by Gasteiger charge is 2.29. The van der Waals surface area contributed by atoms with Crippen LogP contribution < -0.4 is 5.32 Å². The number of nitrogens with zero attached hydrogens (tertiary/aromatic N) is 3. The van der Waals surface area contributed by atoms with Gasteiger partial charge in [0.1, 0.15) is 6.61 Å². The molecule has 0 bridgehead atoms. The number of carbonyl (C=O) groups excluding carboxylic acids is 1. The molecule has 0 spiro atoms. The molecule has 0 unspecified atom stereocenters. The molecule has 0 aromatic carbocycles. The molecule has 1 amide bonds. The lowest BCUT2D eigenvalue weighted by Crippen LogP contribution is -2.29. The van der Waals surface area contributed by atoms with Crippen molar-refractivity contribution in [2.24, 2.45) is 5.92 Å². The average molecular weight is 300 g/mol. The number of carboxylic acid groups (broad SMARTS) is 1. The Balaban J connectivity index is 1.91. The summed E-state index contributed by atoms with van der Waals surface area (Å²) in [6.07, 6.45) is 1.89. The predicted molar refractivity (Wildman–Crippen MR) is 70.0 cm³/mol. The zero-order valence-corrected chi connectivity index (χ0v) is 11.6. The van der Waals surface area contributed by atoms with Gasteiger partial charge in [0.15, 0.2) is 11.0 Å². The van der Waals surface area contributed by atoms with Crippen molar-refractivity contribution in [3.8, 4) is 0 Å². The van der Waals surface area contributed by atoms with Crippen LogP contribution in [0.15, 0.2) is 5.16 Å². The van der Waals surface area contributed by atoms with Crippen LogP contribution >= 0.6 is 11.8 Å². The Morgan fingerprint density at radius 1 is 1.40 bits per heavy atom. The van der Waals surface area contributed by atoms with Crippen molar-refractivity contribution in [3.05, 3.63) is 5.82 Å². The van der Waals surface area contributed by atoms with Crippen molar-refractivity contribution in [1.29, 1.82) is 0 Å². The molecule has 8 nitrogen and oxygen atoms in total. The van der Waals surface area contributed by atoms with E-state index in [0.717, 1.165) is 24.6 Å². The summed E-state index contributed by atoms with van der Waals surface area (Å²) in [5.41, 5.74) is 0. The predicted octanol–water partition coefficient (Wildman–Crippen LogP) is -0.527. The van der Waals surface area contributed by atoms with Crippen LogP contribution in [0.3, 0.4) is 0 Å². The number of amides is 1. The number of nitrogens with one attached hydrogen (secondary N) is 1. The summed E-state index contributed by atoms with van der Waals surface area (Å²) >= 11 is 1.03. The zero-order chi connectivity index (χ0) is 14.5. The van der Waals surface area contributed by atoms with E-state index in [1.807, 2.05) is 0 Å². The van der Waals surface area contributed by atoms with Crippen LogP contribution in [0.4, 0.5) is 0 Å². The molecule has 2 rings (SSSR count). The SMILES string of the molecule is O=C(O)CSc1nnc(CO)n1CCNC(=O)C1CC1. The van der Waals surface area contributed by atoms with E-state index < -0.39 is 5.97 Å². The van der Waals surface area contributed by atoms with E-state index in [4.69, 9.17) is 5.11 Å². The molecule has 1 aliphatic rings. The van der Waals surface area contributed by atoms with Gasteiger partial charge in [-0.2, -0.15) is 0 Å². The van der Waals surface area contributed by atoms with Crippen LogP contribution in [0.1, 0.15) is 18.7 Å². The Labute approximate surface area is 119 Å². The highest BCUT2D eigenvalue weighted by Crippen LogP contribution is 2.28. The van der Waals surface area contributed by atoms with Gasteiger partial charge in [0.05, 0.1) is 5.75 Å². The molecule has 1 aromatic rings. The molecule has 1 heterocycles. The number of thioether (sulfide) groups is 1. The standard InChI is InChI=1S/C11H16N4O4S/c16-5-8-13-14-11(20-6-9(17)18)15(8)4-3-12-10(19)7-1-2-7/h7,16H,1-6H2,(H,12,19)(H,17,18). The normalized spacial score (nSPS) is 14.2. The summed E-state index contributed by atoms with van der Waals surface area (Å²) in [4.78, 5) is 22.1. The van der Waals surface area contributed by atoms with Gasteiger partial charge in [0.25, 0.3) is 0 Å². The largest absolute Gasteiger partial charge is 0.481 e. The monoisotopic (exact) mass is 300 g/mol. The van der Waals surface area contributed by atoms with Crippen molar-refractivity contribution in [2.75, 3.05) is 12.3 Å². The van der Waals surface area contributed by atoms with E-state index in [0.29, 0.717) is 24.1 Å². The number of hydrogen-bond donors (Lipinski definition) is 3. The third kappa shape index (κ3) is 3.94. The van der Waals surface area contributed by atoms with E-state index in [1.54, 1.807) is 4.57 Å². The number of aromatic nitrogens is 3. The molecule has 0 atom stereocenters. The second-order valence-electron chi connectivity index (χ2n) is 4.46. The van der Waals surface area contributed by atoms with Crippen LogP contribution in [0.2, 0.25) is 0 Å². The van der Waals surface area contributed by atoms with Crippen LogP contribution in [0.25, 0.3) is 0 Å². The van der Waals surface area contributed by atoms with E-state index >= 15 is 0 Å². The van der Waals surface area contributed by atoms with Gasteiger partial charge in [-0.1, -0.05) is 11.8 Å². The van der Waals surface area contributed by atoms with E-state index in [2.05, 4.69) is 15.5 Å². The van der Waals surface area contributed by atoms with E-state index in [-0.39, 0.29) is 24.2 Å². The first-order chi connectivity index (χ1) is 9.61. The molecule has 9 heteroatoms. The lowest BCUT2D eigenvalue weighted by molar-refractivity contribution is -0.134. The van der Waals surface area contributed by atoms with E-state index in [9.17, 15) is 14.7 Å². The number of carboxylic acids is 1. The second-order valence-corrected chi connectivity index (χ2v) is 5.40. The molecule has 3 N–H and O–H groups in total. The summed E-state index contributed by atoms with van der Waals surface area (Å²) in [6.45, 7) is 0.529. The number of carbonyl (C=O) groups is 2. The zero-order valence-electron chi connectivity index (χ0n) is 10.8. The van der Waals surface area contributed by atoms with Crippen molar-refractivity contribution < 1.29 is 19.8 Å². The smallest absolute Gasteiger partial charge is 0.313 e. The third-order valence-electron chi connectivity index (χ3n) is 2.84. The summed E-state index contributed by atoms with van der Waals surface area (Å²) in [6, 6.07) is 0. The molecule has 1 aliphatic carbocycles. The lowest BCUT2D eigenvalue weighted by atomic mass is 10.4. The average Bonchev–Trinajstić information content (AvgIpc) is 3.19. The third-order valence-corrected chi connectivity index (χ3v) is 3.79. The number of aliphatic hydroxyl groups excluding tert-OH is 1. The van der Waals surface area contributed by atoms with Crippen molar-refractivity contribution in [3.63, 3.8) is 0 Å². The van der Waals surface area contributed by atoms with Crippen molar-refractivity contribution in [1.82, 2.24) is 20.1 Å². The molecular weight excluding hydrogens is 284 g/mol. The minimum atomic E-state index is -0.947. The first-order valence-corrected chi connectivity index (χ1v) is 7.25. The number of hydrogen-bond acceptors (Lipinski definition) is 6. The van der Waals surface area contributed by atoms with Gasteiger partial charge in [-0.05, 0) is 12.8 Å². The quantitative estimate of drug-likeness (QED) is 0.553. The molecule has 0 radical (unpaired) electrons. The van der Waals surface area contributed by atoms with Gasteiger partial charge in [-0.3, -0.25) is 9.59 Å². The Morgan fingerprint density at radius 3 is 2.75 bits per heavy atom. The topological polar surface area (TPSA) is 117 Å². The Kier molecular flexibility index (Phi) is 4.96. The molecule has 1 aromatic heterocycles. The van der Waals surface area contributed by atoms with Gasteiger partial charge >= 0.3 is 5.97 Å². The highest BCUT2D eigenvalue weighted by molar-refractivity contribution is 7.99. The minimum absolute atomic E-state index is 0.0448. The summed E-state index contributed by atoms with van der Waals surface area (Å²) in [5, 5.41) is 28.7. The van der Waals surface area contributed by atoms with Gasteiger partial charge in [-0.25, -0.2) is 0 Å². The van der Waals surface area contributed by atoms with Crippen LogP contribution in [-0.2, 0) is 22.7 Å². The summed E-state index contributed by atoms with van der Waals surface area (Å²) < 4.78 is 1.63. The van der Waals surface area contributed by atoms with E-state index in [1.165, 1.54) is 0 Å². The molecule has 1 saturated carbocycles. The fourth-order valence-electron chi connectivity index (χ4n) is 1.67. The maximum absolute atomic E-state index is 11.5. The van der Waals surface area contributed by atoms with Gasteiger partial charge in [-0.15, -0.1) is 10.2 Å². The van der Waals surface area contributed by atoms with Gasteiger partial charge in [0, 0.05) is 19.0 Å². The van der Waals surface area contributed by atoms with Gasteiger partial charge in [0.2, 0.25) is 5.91 Å². The molecular formula is C11H16N4O4S. The first kappa shape index (κ1) is 14.8. The maximum atomic E-state index is 11.5. The fourth-order valence-corrected chi connectivity index (χ4v) is 2.38. The summed E-state index contributed by atoms with van der Waals surface area (Å²) in [5.74, 6) is -0.522. The minimum Gasteiger partial charge on any atom is -0.481 e. The molecule has 20 heavy (non-hydrogen) atoms. The van der Waals surface area contributed by atoms with Crippen LogP contribution in [-0.4, -0.2) is 49.2 Å². The number of aliphatic carboxylic acids is 1. The Bertz CT molecular complexity index is 501.